The van der Waals surface area contributed by atoms with E-state index in [1.54, 1.807) is 10.6 Å². The molecule has 1 aromatic heterocycles. The minimum absolute atomic E-state index is 0.0225. The highest BCUT2D eigenvalue weighted by Crippen LogP contribution is 2.23. The van der Waals surface area contributed by atoms with Crippen LogP contribution in [0.5, 0.6) is 0 Å². The number of hydrogen-bond acceptors (Lipinski definition) is 4. The van der Waals surface area contributed by atoms with E-state index in [0.717, 1.165) is 29.4 Å². The second-order valence-corrected chi connectivity index (χ2v) is 8.22. The Hall–Kier alpha value is -3.06. The topological polar surface area (TPSA) is 79.3 Å². The van der Waals surface area contributed by atoms with Gasteiger partial charge in [-0.15, -0.1) is 0 Å². The first-order valence-corrected chi connectivity index (χ1v) is 10.9. The molecule has 1 saturated heterocycles. The molecule has 1 aliphatic heterocycles. The first kappa shape index (κ1) is 21.2. The number of benzene rings is 2. The summed E-state index contributed by atoms with van der Waals surface area (Å²) in [6, 6.07) is 13.0. The number of carbonyl (C=O) groups excluding carboxylic acids is 1. The van der Waals surface area contributed by atoms with Crippen molar-refractivity contribution in [2.45, 2.75) is 39.3 Å². The third-order valence-corrected chi connectivity index (χ3v) is 5.97. The van der Waals surface area contributed by atoms with Crippen molar-refractivity contribution in [1.29, 1.82) is 0 Å². The Labute approximate surface area is 186 Å². The van der Waals surface area contributed by atoms with Gasteiger partial charge in [-0.3, -0.25) is 4.79 Å². The van der Waals surface area contributed by atoms with E-state index in [9.17, 15) is 9.59 Å². The standard InChI is InChI=1S/C23H26ClN5O2/c1-3-29-20-7-5-4-6-19(20)26-21(22(29)30)28-12-10-16(11-13-28)25-23(31)27-18-9-8-15(2)14-17(18)24/h4-9,14,16H,3,10-13H2,1-2H3,(H2,25,27,31). The lowest BCUT2D eigenvalue weighted by atomic mass is 10.1. The van der Waals surface area contributed by atoms with Crippen LogP contribution >= 0.6 is 11.6 Å². The Kier molecular flexibility index (Phi) is 6.13. The van der Waals surface area contributed by atoms with Crippen LogP contribution in [-0.2, 0) is 6.54 Å². The number of rotatable bonds is 4. The molecule has 7 nitrogen and oxygen atoms in total. The summed E-state index contributed by atoms with van der Waals surface area (Å²) in [6.45, 7) is 5.81. The first-order chi connectivity index (χ1) is 15.0. The molecule has 0 unspecified atom stereocenters. The van der Waals surface area contributed by atoms with E-state index in [1.165, 1.54) is 0 Å². The van der Waals surface area contributed by atoms with E-state index >= 15 is 0 Å². The monoisotopic (exact) mass is 439 g/mol. The van der Waals surface area contributed by atoms with Crippen molar-refractivity contribution in [2.24, 2.45) is 0 Å². The molecule has 0 aliphatic carbocycles. The molecule has 0 radical (unpaired) electrons. The SMILES string of the molecule is CCn1c(=O)c(N2CCC(NC(=O)Nc3ccc(C)cc3Cl)CC2)nc2ccccc21. The third-order valence-electron chi connectivity index (χ3n) is 5.65. The van der Waals surface area contributed by atoms with Crippen LogP contribution in [-0.4, -0.2) is 34.7 Å². The van der Waals surface area contributed by atoms with Gasteiger partial charge in [-0.1, -0.05) is 29.8 Å². The van der Waals surface area contributed by atoms with Crippen LogP contribution in [0, 0.1) is 6.92 Å². The second-order valence-electron chi connectivity index (χ2n) is 7.82. The van der Waals surface area contributed by atoms with Crippen molar-refractivity contribution < 1.29 is 4.79 Å². The fourth-order valence-electron chi connectivity index (χ4n) is 4.00. The van der Waals surface area contributed by atoms with E-state index < -0.39 is 0 Å². The largest absolute Gasteiger partial charge is 0.352 e. The zero-order valence-electron chi connectivity index (χ0n) is 17.7. The van der Waals surface area contributed by atoms with Crippen LogP contribution in [0.2, 0.25) is 5.02 Å². The highest BCUT2D eigenvalue weighted by atomic mass is 35.5. The molecular formula is C23H26ClN5O2. The summed E-state index contributed by atoms with van der Waals surface area (Å²) in [7, 11) is 0. The quantitative estimate of drug-likeness (QED) is 0.639. The molecule has 2 heterocycles. The maximum Gasteiger partial charge on any atom is 0.319 e. The predicted molar refractivity (Wildman–Crippen MR) is 125 cm³/mol. The highest BCUT2D eigenvalue weighted by molar-refractivity contribution is 6.33. The van der Waals surface area contributed by atoms with Crippen molar-refractivity contribution in [2.75, 3.05) is 23.3 Å². The van der Waals surface area contributed by atoms with Gasteiger partial charge in [-0.25, -0.2) is 9.78 Å². The van der Waals surface area contributed by atoms with Crippen molar-refractivity contribution in [1.82, 2.24) is 14.9 Å². The zero-order chi connectivity index (χ0) is 22.0. The number of carbonyl (C=O) groups is 1. The summed E-state index contributed by atoms with van der Waals surface area (Å²) in [4.78, 5) is 32.1. The number of halogens is 1. The average Bonchev–Trinajstić information content (AvgIpc) is 2.76. The van der Waals surface area contributed by atoms with Crippen LogP contribution in [0.25, 0.3) is 11.0 Å². The van der Waals surface area contributed by atoms with Gasteiger partial charge < -0.3 is 20.1 Å². The lowest BCUT2D eigenvalue weighted by molar-refractivity contribution is 0.246. The number of hydrogen-bond donors (Lipinski definition) is 2. The molecule has 0 spiro atoms. The minimum Gasteiger partial charge on any atom is -0.352 e. The molecule has 4 rings (SSSR count). The smallest absolute Gasteiger partial charge is 0.319 e. The molecule has 0 bridgehead atoms. The van der Waals surface area contributed by atoms with Crippen LogP contribution in [0.4, 0.5) is 16.3 Å². The first-order valence-electron chi connectivity index (χ1n) is 10.5. The average molecular weight is 440 g/mol. The van der Waals surface area contributed by atoms with Crippen LogP contribution in [0.15, 0.2) is 47.3 Å². The van der Waals surface area contributed by atoms with Gasteiger partial charge in [0.2, 0.25) is 0 Å². The number of aryl methyl sites for hydroxylation is 2. The number of amides is 2. The van der Waals surface area contributed by atoms with E-state index in [4.69, 9.17) is 11.6 Å². The van der Waals surface area contributed by atoms with Crippen molar-refractivity contribution in [3.05, 3.63) is 63.4 Å². The van der Waals surface area contributed by atoms with E-state index in [2.05, 4.69) is 15.6 Å². The molecule has 8 heteroatoms. The van der Waals surface area contributed by atoms with E-state index in [0.29, 0.717) is 36.2 Å². The third kappa shape index (κ3) is 4.51. The van der Waals surface area contributed by atoms with E-state index in [1.807, 2.05) is 55.1 Å². The maximum absolute atomic E-state index is 13.0. The molecule has 3 aromatic rings. The van der Waals surface area contributed by atoms with Crippen LogP contribution < -0.4 is 21.1 Å². The summed E-state index contributed by atoms with van der Waals surface area (Å²) in [5.74, 6) is 0.481. The summed E-state index contributed by atoms with van der Waals surface area (Å²) < 4.78 is 1.76. The van der Waals surface area contributed by atoms with Gasteiger partial charge in [0.05, 0.1) is 21.7 Å². The molecular weight excluding hydrogens is 414 g/mol. The number of nitrogens with one attached hydrogen (secondary N) is 2. The molecule has 2 aromatic carbocycles. The van der Waals surface area contributed by atoms with Crippen molar-refractivity contribution in [3.8, 4) is 0 Å². The fourth-order valence-corrected chi connectivity index (χ4v) is 4.28. The fraction of sp³-hybridized carbons (Fsp3) is 0.348. The van der Waals surface area contributed by atoms with Crippen molar-refractivity contribution >= 4 is 40.2 Å². The minimum atomic E-state index is -0.277. The van der Waals surface area contributed by atoms with Gasteiger partial charge in [-0.2, -0.15) is 0 Å². The Bertz CT molecular complexity index is 1170. The molecule has 162 valence electrons. The molecule has 31 heavy (non-hydrogen) atoms. The van der Waals surface area contributed by atoms with Gasteiger partial charge in [0, 0.05) is 25.7 Å². The Morgan fingerprint density at radius 1 is 1.19 bits per heavy atom. The summed E-state index contributed by atoms with van der Waals surface area (Å²) in [5.41, 5.74) is 3.21. The number of aromatic nitrogens is 2. The van der Waals surface area contributed by atoms with Crippen LogP contribution in [0.1, 0.15) is 25.3 Å². The highest BCUT2D eigenvalue weighted by Gasteiger charge is 2.24. The van der Waals surface area contributed by atoms with Gasteiger partial charge in [-0.05, 0) is 56.5 Å². The summed E-state index contributed by atoms with van der Waals surface area (Å²) in [5, 5.41) is 6.33. The lowest BCUT2D eigenvalue weighted by Gasteiger charge is -2.33. The van der Waals surface area contributed by atoms with Gasteiger partial charge in [0.1, 0.15) is 0 Å². The molecule has 1 aliphatic rings. The predicted octanol–water partition coefficient (Wildman–Crippen LogP) is 4.17. The van der Waals surface area contributed by atoms with E-state index in [-0.39, 0.29) is 17.6 Å². The summed E-state index contributed by atoms with van der Waals surface area (Å²) >= 11 is 6.20. The maximum atomic E-state index is 13.0. The second kappa shape index (κ2) is 8.98. The Morgan fingerprint density at radius 3 is 2.65 bits per heavy atom. The number of nitrogens with zero attached hydrogens (tertiary/aromatic N) is 3. The number of fused-ring (bicyclic) bond motifs is 1. The van der Waals surface area contributed by atoms with Gasteiger partial charge >= 0.3 is 6.03 Å². The molecule has 0 atom stereocenters. The number of urea groups is 1. The zero-order valence-corrected chi connectivity index (χ0v) is 18.4. The summed E-state index contributed by atoms with van der Waals surface area (Å²) in [6.07, 6.45) is 1.46. The van der Waals surface area contributed by atoms with Crippen molar-refractivity contribution in [3.63, 3.8) is 0 Å². The molecule has 1 fully saturated rings. The number of para-hydroxylation sites is 2. The lowest BCUT2D eigenvalue weighted by Crippen LogP contribution is -2.47. The van der Waals surface area contributed by atoms with Gasteiger partial charge in [0.25, 0.3) is 5.56 Å². The Balaban J connectivity index is 1.41. The molecule has 2 amide bonds. The normalized spacial score (nSPS) is 14.6. The number of anilines is 2. The molecule has 0 saturated carbocycles. The van der Waals surface area contributed by atoms with Crippen LogP contribution in [0.3, 0.4) is 0 Å². The number of piperidine rings is 1. The van der Waals surface area contributed by atoms with Gasteiger partial charge in [0.15, 0.2) is 5.82 Å². The molecule has 2 N–H and O–H groups in total. The Morgan fingerprint density at radius 2 is 1.94 bits per heavy atom.